The van der Waals surface area contributed by atoms with Gasteiger partial charge in [0.15, 0.2) is 5.16 Å². The lowest BCUT2D eigenvalue weighted by Crippen LogP contribution is -2.28. The van der Waals surface area contributed by atoms with Crippen molar-refractivity contribution in [3.05, 3.63) is 41.7 Å². The SMILES string of the molecule is CCn1c(CCc2ccccc2)nnc1SCC(=O)NCC(C)C. The molecular weight excluding hydrogens is 320 g/mol. The van der Waals surface area contributed by atoms with Gasteiger partial charge >= 0.3 is 0 Å². The molecule has 0 bridgehead atoms. The Morgan fingerprint density at radius 3 is 2.62 bits per heavy atom. The molecule has 1 N–H and O–H groups in total. The fourth-order valence-electron chi connectivity index (χ4n) is 2.33. The van der Waals surface area contributed by atoms with E-state index >= 15 is 0 Å². The van der Waals surface area contributed by atoms with Crippen LogP contribution in [0.1, 0.15) is 32.2 Å². The lowest BCUT2D eigenvalue weighted by molar-refractivity contribution is -0.118. The van der Waals surface area contributed by atoms with Crippen LogP contribution in [0.2, 0.25) is 0 Å². The fourth-order valence-corrected chi connectivity index (χ4v) is 3.18. The zero-order chi connectivity index (χ0) is 17.4. The van der Waals surface area contributed by atoms with Crippen LogP contribution < -0.4 is 5.32 Å². The van der Waals surface area contributed by atoms with E-state index in [0.29, 0.717) is 18.2 Å². The maximum absolute atomic E-state index is 11.8. The number of rotatable bonds is 9. The monoisotopic (exact) mass is 346 g/mol. The number of nitrogens with one attached hydrogen (secondary N) is 1. The van der Waals surface area contributed by atoms with Gasteiger partial charge in [-0.15, -0.1) is 10.2 Å². The molecule has 0 atom stereocenters. The number of amides is 1. The molecule has 1 amide bonds. The molecule has 0 aliphatic heterocycles. The molecular formula is C18H26N4OS. The van der Waals surface area contributed by atoms with Crippen LogP contribution in [0.3, 0.4) is 0 Å². The predicted molar refractivity (Wildman–Crippen MR) is 98.1 cm³/mol. The highest BCUT2D eigenvalue weighted by Gasteiger charge is 2.13. The summed E-state index contributed by atoms with van der Waals surface area (Å²) in [5.41, 5.74) is 1.30. The number of aryl methyl sites for hydroxylation is 2. The Labute approximate surface area is 148 Å². The van der Waals surface area contributed by atoms with E-state index in [0.717, 1.165) is 30.4 Å². The average molecular weight is 347 g/mol. The minimum atomic E-state index is 0.0465. The van der Waals surface area contributed by atoms with Gasteiger partial charge in [0.1, 0.15) is 5.82 Å². The van der Waals surface area contributed by atoms with Gasteiger partial charge in [-0.1, -0.05) is 55.9 Å². The molecule has 0 spiro atoms. The van der Waals surface area contributed by atoms with E-state index in [9.17, 15) is 4.79 Å². The summed E-state index contributed by atoms with van der Waals surface area (Å²) in [7, 11) is 0. The Bertz CT molecular complexity index is 640. The van der Waals surface area contributed by atoms with Crippen molar-refractivity contribution < 1.29 is 4.79 Å². The maximum Gasteiger partial charge on any atom is 0.230 e. The third-order valence-corrected chi connectivity index (χ3v) is 4.60. The Morgan fingerprint density at radius 2 is 1.96 bits per heavy atom. The van der Waals surface area contributed by atoms with Gasteiger partial charge in [0.05, 0.1) is 5.75 Å². The van der Waals surface area contributed by atoms with Crippen LogP contribution in [-0.2, 0) is 24.2 Å². The van der Waals surface area contributed by atoms with Gasteiger partial charge in [-0.3, -0.25) is 4.79 Å². The number of aromatic nitrogens is 3. The van der Waals surface area contributed by atoms with E-state index in [2.05, 4.69) is 65.1 Å². The first-order valence-electron chi connectivity index (χ1n) is 8.45. The summed E-state index contributed by atoms with van der Waals surface area (Å²) in [6.07, 6.45) is 1.80. The highest BCUT2D eigenvalue weighted by atomic mass is 32.2. The molecule has 0 fully saturated rings. The molecule has 5 nitrogen and oxygen atoms in total. The van der Waals surface area contributed by atoms with E-state index < -0.39 is 0 Å². The zero-order valence-electron chi connectivity index (χ0n) is 14.7. The number of carbonyl (C=O) groups excluding carboxylic acids is 1. The van der Waals surface area contributed by atoms with Crippen molar-refractivity contribution in [2.45, 2.75) is 45.3 Å². The van der Waals surface area contributed by atoms with Crippen LogP contribution >= 0.6 is 11.8 Å². The quantitative estimate of drug-likeness (QED) is 0.709. The molecule has 130 valence electrons. The minimum absolute atomic E-state index is 0.0465. The third-order valence-electron chi connectivity index (χ3n) is 3.63. The molecule has 0 aliphatic carbocycles. The predicted octanol–water partition coefficient (Wildman–Crippen LogP) is 2.95. The second-order valence-corrected chi connectivity index (χ2v) is 7.06. The first-order chi connectivity index (χ1) is 11.6. The van der Waals surface area contributed by atoms with Gasteiger partial charge in [-0.05, 0) is 24.8 Å². The number of benzene rings is 1. The molecule has 0 saturated heterocycles. The van der Waals surface area contributed by atoms with Crippen molar-refractivity contribution in [2.24, 2.45) is 5.92 Å². The third kappa shape index (κ3) is 5.67. The Kier molecular flexibility index (Phi) is 7.31. The smallest absolute Gasteiger partial charge is 0.230 e. The van der Waals surface area contributed by atoms with E-state index in [-0.39, 0.29) is 5.91 Å². The maximum atomic E-state index is 11.8. The van der Waals surface area contributed by atoms with Crippen LogP contribution in [0.15, 0.2) is 35.5 Å². The normalized spacial score (nSPS) is 11.0. The van der Waals surface area contributed by atoms with E-state index in [4.69, 9.17) is 0 Å². The second kappa shape index (κ2) is 9.47. The summed E-state index contributed by atoms with van der Waals surface area (Å²) in [6.45, 7) is 7.77. The Hall–Kier alpha value is -1.82. The fraction of sp³-hybridized carbons (Fsp3) is 0.500. The summed E-state index contributed by atoms with van der Waals surface area (Å²) in [5.74, 6) is 1.86. The molecule has 1 aromatic heterocycles. The van der Waals surface area contributed by atoms with Gasteiger partial charge < -0.3 is 9.88 Å². The molecule has 0 saturated carbocycles. The summed E-state index contributed by atoms with van der Waals surface area (Å²) in [6, 6.07) is 10.4. The molecule has 2 aromatic rings. The zero-order valence-corrected chi connectivity index (χ0v) is 15.5. The highest BCUT2D eigenvalue weighted by Crippen LogP contribution is 2.18. The summed E-state index contributed by atoms with van der Waals surface area (Å²) in [4.78, 5) is 11.8. The van der Waals surface area contributed by atoms with Crippen LogP contribution in [0.4, 0.5) is 0 Å². The van der Waals surface area contributed by atoms with Crippen molar-refractivity contribution in [3.8, 4) is 0 Å². The number of thioether (sulfide) groups is 1. The van der Waals surface area contributed by atoms with Gasteiger partial charge in [-0.2, -0.15) is 0 Å². The molecule has 1 heterocycles. The Balaban J connectivity index is 1.90. The van der Waals surface area contributed by atoms with Crippen LogP contribution in [0.25, 0.3) is 0 Å². The first-order valence-corrected chi connectivity index (χ1v) is 9.44. The molecule has 1 aromatic carbocycles. The molecule has 0 radical (unpaired) electrons. The van der Waals surface area contributed by atoms with Crippen LogP contribution in [-0.4, -0.2) is 33.0 Å². The van der Waals surface area contributed by atoms with Gasteiger partial charge in [0, 0.05) is 19.5 Å². The average Bonchev–Trinajstić information content (AvgIpc) is 2.99. The molecule has 0 unspecified atom stereocenters. The van der Waals surface area contributed by atoms with Gasteiger partial charge in [0.25, 0.3) is 0 Å². The van der Waals surface area contributed by atoms with Crippen molar-refractivity contribution in [2.75, 3.05) is 12.3 Å². The number of carbonyl (C=O) groups is 1. The minimum Gasteiger partial charge on any atom is -0.355 e. The highest BCUT2D eigenvalue weighted by molar-refractivity contribution is 7.99. The summed E-state index contributed by atoms with van der Waals surface area (Å²) in [5, 5.41) is 12.3. The lowest BCUT2D eigenvalue weighted by Gasteiger charge is -2.09. The van der Waals surface area contributed by atoms with Crippen LogP contribution in [0.5, 0.6) is 0 Å². The number of nitrogens with zero attached hydrogens (tertiary/aromatic N) is 3. The largest absolute Gasteiger partial charge is 0.355 e. The van der Waals surface area contributed by atoms with Crippen molar-refractivity contribution >= 4 is 17.7 Å². The lowest BCUT2D eigenvalue weighted by atomic mass is 10.1. The van der Waals surface area contributed by atoms with Crippen LogP contribution in [0, 0.1) is 5.92 Å². The second-order valence-electron chi connectivity index (χ2n) is 6.12. The van der Waals surface area contributed by atoms with Crippen molar-refractivity contribution in [1.82, 2.24) is 20.1 Å². The summed E-state index contributed by atoms with van der Waals surface area (Å²) < 4.78 is 2.10. The van der Waals surface area contributed by atoms with E-state index in [1.54, 1.807) is 0 Å². The summed E-state index contributed by atoms with van der Waals surface area (Å²) >= 11 is 1.45. The number of hydrogen-bond donors (Lipinski definition) is 1. The van der Waals surface area contributed by atoms with Crippen molar-refractivity contribution in [1.29, 1.82) is 0 Å². The van der Waals surface area contributed by atoms with Gasteiger partial charge in [-0.25, -0.2) is 0 Å². The van der Waals surface area contributed by atoms with E-state index in [1.165, 1.54) is 17.3 Å². The number of hydrogen-bond acceptors (Lipinski definition) is 4. The van der Waals surface area contributed by atoms with E-state index in [1.807, 2.05) is 6.07 Å². The molecule has 24 heavy (non-hydrogen) atoms. The van der Waals surface area contributed by atoms with Gasteiger partial charge in [0.2, 0.25) is 5.91 Å². The Morgan fingerprint density at radius 1 is 1.21 bits per heavy atom. The topological polar surface area (TPSA) is 59.8 Å². The molecule has 6 heteroatoms. The first kappa shape index (κ1) is 18.5. The standard InChI is InChI=1S/C18H26N4OS/c1-4-22-16(11-10-15-8-6-5-7-9-15)20-21-18(22)24-13-17(23)19-12-14(2)3/h5-9,14H,4,10-13H2,1-3H3,(H,19,23). The van der Waals surface area contributed by atoms with Crippen molar-refractivity contribution in [3.63, 3.8) is 0 Å². The molecule has 2 rings (SSSR count). The molecule has 0 aliphatic rings.